The average molecular weight is 429 g/mol. The van der Waals surface area contributed by atoms with Crippen molar-refractivity contribution < 1.29 is 13.9 Å². The van der Waals surface area contributed by atoms with Crippen LogP contribution in [0.4, 0.5) is 0 Å². The molecule has 0 fully saturated rings. The summed E-state index contributed by atoms with van der Waals surface area (Å²) in [4.78, 5) is 39.8. The molecule has 1 atom stereocenters. The van der Waals surface area contributed by atoms with Gasteiger partial charge in [-0.25, -0.2) is 4.79 Å². The first-order valence-corrected chi connectivity index (χ1v) is 10.7. The van der Waals surface area contributed by atoms with Crippen molar-refractivity contribution in [2.45, 2.75) is 45.6 Å². The summed E-state index contributed by atoms with van der Waals surface area (Å²) >= 11 is 0. The van der Waals surface area contributed by atoms with Crippen LogP contribution in [0.1, 0.15) is 47.6 Å². The van der Waals surface area contributed by atoms with Gasteiger partial charge < -0.3 is 13.7 Å². The molecule has 0 amide bonds. The van der Waals surface area contributed by atoms with E-state index in [1.807, 2.05) is 25.1 Å². The van der Waals surface area contributed by atoms with Gasteiger partial charge in [0.2, 0.25) is 0 Å². The molecule has 1 aliphatic carbocycles. The molecule has 3 heterocycles. The molecule has 0 bridgehead atoms. The number of allylic oxidation sites excluding steroid dienone is 3. The van der Waals surface area contributed by atoms with Crippen molar-refractivity contribution in [2.24, 2.45) is 0 Å². The molecule has 1 aromatic carbocycles. The molecule has 1 unspecified atom stereocenters. The lowest BCUT2D eigenvalue weighted by Gasteiger charge is -2.31. The van der Waals surface area contributed by atoms with Crippen LogP contribution in [0.25, 0.3) is 10.9 Å². The number of ketones is 1. The lowest BCUT2D eigenvalue weighted by Crippen LogP contribution is -2.34. The number of aromatic nitrogens is 1. The van der Waals surface area contributed by atoms with Crippen molar-refractivity contribution in [1.29, 1.82) is 0 Å². The van der Waals surface area contributed by atoms with Gasteiger partial charge in [-0.15, -0.1) is 6.58 Å². The van der Waals surface area contributed by atoms with Gasteiger partial charge in [-0.1, -0.05) is 17.7 Å². The van der Waals surface area contributed by atoms with Crippen LogP contribution in [-0.4, -0.2) is 10.4 Å². The molecule has 3 aromatic rings. The van der Waals surface area contributed by atoms with Crippen LogP contribution < -0.4 is 15.9 Å². The fourth-order valence-corrected chi connectivity index (χ4v) is 4.84. The molecule has 2 aromatic heterocycles. The molecule has 0 radical (unpaired) electrons. The predicted molar refractivity (Wildman–Crippen MR) is 121 cm³/mol. The van der Waals surface area contributed by atoms with Gasteiger partial charge in [0, 0.05) is 36.6 Å². The Morgan fingerprint density at radius 2 is 1.94 bits per heavy atom. The number of rotatable bonds is 3. The fourth-order valence-electron chi connectivity index (χ4n) is 4.84. The van der Waals surface area contributed by atoms with Crippen molar-refractivity contribution >= 4 is 16.7 Å². The van der Waals surface area contributed by atoms with Crippen molar-refractivity contribution in [1.82, 2.24) is 4.57 Å². The van der Waals surface area contributed by atoms with Crippen molar-refractivity contribution in [2.75, 3.05) is 0 Å². The van der Waals surface area contributed by atoms with Crippen LogP contribution in [0, 0.1) is 13.8 Å². The standard InChI is InChI=1S/C26H23NO5/c1-4-10-27-18-9-8-14(2)11-16(18)13-17(25(27)29)22-23-19(28)6-5-7-20(23)32-21-12-15(3)31-26(30)24(21)22/h4,8-9,11-13,22H,1,5-7,10H2,2-3H3. The van der Waals surface area contributed by atoms with E-state index >= 15 is 0 Å². The molecule has 0 N–H and O–H groups in total. The van der Waals surface area contributed by atoms with Crippen LogP contribution >= 0.6 is 0 Å². The number of hydrogen-bond acceptors (Lipinski definition) is 5. The van der Waals surface area contributed by atoms with E-state index in [9.17, 15) is 14.4 Å². The maximum absolute atomic E-state index is 13.7. The zero-order valence-corrected chi connectivity index (χ0v) is 18.1. The summed E-state index contributed by atoms with van der Waals surface area (Å²) in [6.45, 7) is 7.76. The van der Waals surface area contributed by atoms with Crippen molar-refractivity contribution in [3.8, 4) is 5.75 Å². The summed E-state index contributed by atoms with van der Waals surface area (Å²) in [6, 6.07) is 9.31. The second-order valence-corrected chi connectivity index (χ2v) is 8.44. The number of ether oxygens (including phenoxy) is 1. The molecule has 162 valence electrons. The van der Waals surface area contributed by atoms with Gasteiger partial charge in [0.05, 0.1) is 17.0 Å². The van der Waals surface area contributed by atoms with Gasteiger partial charge >= 0.3 is 5.63 Å². The Kier molecular flexibility index (Phi) is 4.73. The van der Waals surface area contributed by atoms with Crippen LogP contribution in [-0.2, 0) is 11.3 Å². The van der Waals surface area contributed by atoms with Gasteiger partial charge in [0.25, 0.3) is 5.56 Å². The minimum atomic E-state index is -0.827. The Balaban J connectivity index is 1.89. The van der Waals surface area contributed by atoms with Crippen molar-refractivity contribution in [3.05, 3.63) is 97.5 Å². The number of Topliss-reactive ketones (excluding diaryl/α,β-unsaturated/α-hetero) is 1. The number of carbonyl (C=O) groups is 1. The van der Waals surface area contributed by atoms with E-state index in [1.54, 1.807) is 29.7 Å². The Hall–Kier alpha value is -3.67. The lowest BCUT2D eigenvalue weighted by molar-refractivity contribution is -0.116. The third-order valence-corrected chi connectivity index (χ3v) is 6.19. The minimum absolute atomic E-state index is 0.0964. The first-order valence-electron chi connectivity index (χ1n) is 10.7. The van der Waals surface area contributed by atoms with Gasteiger partial charge in [-0.3, -0.25) is 9.59 Å². The Morgan fingerprint density at radius 1 is 1.12 bits per heavy atom. The summed E-state index contributed by atoms with van der Waals surface area (Å²) in [5.41, 5.74) is 1.94. The number of carbonyl (C=O) groups excluding carboxylic acids is 1. The van der Waals surface area contributed by atoms with Gasteiger partial charge in [0.15, 0.2) is 5.78 Å². The number of hydrogen-bond donors (Lipinski definition) is 0. The highest BCUT2D eigenvalue weighted by atomic mass is 16.5. The zero-order valence-electron chi connectivity index (χ0n) is 18.1. The number of pyridine rings is 1. The van der Waals surface area contributed by atoms with Gasteiger partial charge in [-0.05, 0) is 43.9 Å². The predicted octanol–water partition coefficient (Wildman–Crippen LogP) is 4.29. The lowest BCUT2D eigenvalue weighted by atomic mass is 9.77. The second kappa shape index (κ2) is 7.48. The summed E-state index contributed by atoms with van der Waals surface area (Å²) < 4.78 is 13.0. The van der Waals surface area contributed by atoms with E-state index in [1.165, 1.54) is 0 Å². The van der Waals surface area contributed by atoms with Gasteiger partial charge in [-0.2, -0.15) is 0 Å². The highest BCUT2D eigenvalue weighted by molar-refractivity contribution is 5.99. The number of aryl methyl sites for hydroxylation is 2. The SMILES string of the molecule is C=CCn1c(=O)c(C2C3=C(CCCC3=O)Oc3cc(C)oc(=O)c32)cc2cc(C)ccc21. The Morgan fingerprint density at radius 3 is 2.72 bits per heavy atom. The van der Waals surface area contributed by atoms with Crippen LogP contribution in [0.5, 0.6) is 5.75 Å². The molecule has 6 nitrogen and oxygen atoms in total. The van der Waals surface area contributed by atoms with E-state index in [2.05, 4.69) is 6.58 Å². The van der Waals surface area contributed by atoms with E-state index in [4.69, 9.17) is 9.15 Å². The molecule has 1 aliphatic heterocycles. The quantitative estimate of drug-likeness (QED) is 0.581. The van der Waals surface area contributed by atoms with E-state index < -0.39 is 11.5 Å². The molecule has 0 saturated heterocycles. The van der Waals surface area contributed by atoms with Crippen LogP contribution in [0.2, 0.25) is 0 Å². The smallest absolute Gasteiger partial charge is 0.343 e. The monoisotopic (exact) mass is 429 g/mol. The summed E-state index contributed by atoms with van der Waals surface area (Å²) in [7, 11) is 0. The highest BCUT2D eigenvalue weighted by Crippen LogP contribution is 2.45. The maximum atomic E-state index is 13.7. The minimum Gasteiger partial charge on any atom is -0.461 e. The largest absolute Gasteiger partial charge is 0.461 e. The number of fused-ring (bicyclic) bond motifs is 2. The first-order chi connectivity index (χ1) is 15.4. The zero-order chi connectivity index (χ0) is 22.6. The van der Waals surface area contributed by atoms with Crippen LogP contribution in [0.15, 0.2) is 68.3 Å². The molecule has 0 saturated carbocycles. The summed E-state index contributed by atoms with van der Waals surface area (Å²) in [5.74, 6) is 0.392. The molecule has 5 rings (SSSR count). The van der Waals surface area contributed by atoms with Crippen molar-refractivity contribution in [3.63, 3.8) is 0 Å². The van der Waals surface area contributed by atoms with E-state index in [-0.39, 0.29) is 16.9 Å². The third kappa shape index (κ3) is 3.06. The highest BCUT2D eigenvalue weighted by Gasteiger charge is 2.40. The summed E-state index contributed by atoms with van der Waals surface area (Å²) in [6.07, 6.45) is 3.29. The normalized spacial score (nSPS) is 17.7. The fraction of sp³-hybridized carbons (Fsp3) is 0.269. The molecule has 32 heavy (non-hydrogen) atoms. The topological polar surface area (TPSA) is 78.5 Å². The van der Waals surface area contributed by atoms with Gasteiger partial charge in [0.1, 0.15) is 17.3 Å². The Labute approximate surface area is 184 Å². The average Bonchev–Trinajstić information content (AvgIpc) is 2.74. The molecule has 6 heteroatoms. The number of benzene rings is 1. The number of nitrogens with zero attached hydrogens (tertiary/aromatic N) is 1. The third-order valence-electron chi connectivity index (χ3n) is 6.19. The molecular weight excluding hydrogens is 406 g/mol. The summed E-state index contributed by atoms with van der Waals surface area (Å²) in [5, 5.41) is 0.858. The first kappa shape index (κ1) is 20.2. The molecular formula is C26H23NO5. The van der Waals surface area contributed by atoms with Crippen LogP contribution in [0.3, 0.4) is 0 Å². The maximum Gasteiger partial charge on any atom is 0.343 e. The van der Waals surface area contributed by atoms with E-state index in [0.717, 1.165) is 16.5 Å². The second-order valence-electron chi connectivity index (χ2n) is 8.44. The molecule has 2 aliphatic rings. The Bertz CT molecular complexity index is 1450. The molecule has 0 spiro atoms. The van der Waals surface area contributed by atoms with E-state index in [0.29, 0.717) is 54.2 Å².